The van der Waals surface area contributed by atoms with E-state index in [1.54, 1.807) is 23.0 Å². The van der Waals surface area contributed by atoms with E-state index in [1.165, 1.54) is 14.2 Å². The maximum atomic E-state index is 12.5. The molecule has 0 aliphatic rings. The Morgan fingerprint density at radius 2 is 1.60 bits per heavy atom. The number of carbonyl (C=O) groups is 3. The molecule has 3 amide bonds. The monoisotopic (exact) mass is 569 g/mol. The smallest absolute Gasteiger partial charge is 0.414 e. The molecule has 0 fully saturated rings. The summed E-state index contributed by atoms with van der Waals surface area (Å²) >= 11 is 0. The molecule has 0 radical (unpaired) electrons. The number of ether oxygens (including phenoxy) is 3. The van der Waals surface area contributed by atoms with Gasteiger partial charge in [-0.1, -0.05) is 60.7 Å². The summed E-state index contributed by atoms with van der Waals surface area (Å²) in [4.78, 5) is 36.9. The molecule has 0 unspecified atom stereocenters. The molecule has 3 aromatic carbocycles. The highest BCUT2D eigenvalue weighted by atomic mass is 16.6. The van der Waals surface area contributed by atoms with Gasteiger partial charge < -0.3 is 29.7 Å². The van der Waals surface area contributed by atoms with Gasteiger partial charge in [-0.05, 0) is 35.4 Å². The number of amides is 3. The highest BCUT2D eigenvalue weighted by Gasteiger charge is 2.16. The zero-order valence-corrected chi connectivity index (χ0v) is 23.5. The van der Waals surface area contributed by atoms with Gasteiger partial charge in [0.1, 0.15) is 18.9 Å². The minimum atomic E-state index is -0.662. The molecular formula is C32H33N4O6+. The lowest BCUT2D eigenvalue weighted by Gasteiger charge is -2.14. The Morgan fingerprint density at radius 1 is 0.857 bits per heavy atom. The molecular weight excluding hydrogens is 536 g/mol. The Morgan fingerprint density at radius 3 is 2.36 bits per heavy atom. The number of hydrogen-bond donors (Lipinski definition) is 2. The summed E-state index contributed by atoms with van der Waals surface area (Å²) in [6.07, 6.45) is 2.81. The van der Waals surface area contributed by atoms with Crippen molar-refractivity contribution >= 4 is 23.8 Å². The van der Waals surface area contributed by atoms with Crippen LogP contribution in [-0.2, 0) is 34.2 Å². The lowest BCUT2D eigenvalue weighted by Crippen LogP contribution is -2.40. The van der Waals surface area contributed by atoms with Crippen LogP contribution in [0.4, 0.5) is 15.3 Å². The zero-order valence-electron chi connectivity index (χ0n) is 23.5. The van der Waals surface area contributed by atoms with Gasteiger partial charge in [0, 0.05) is 29.9 Å². The first-order chi connectivity index (χ1) is 20.4. The number of urea groups is 1. The number of anilines is 1. The van der Waals surface area contributed by atoms with Crippen LogP contribution in [0, 0.1) is 0 Å². The molecule has 4 aromatic rings. The van der Waals surface area contributed by atoms with Gasteiger partial charge >= 0.3 is 18.1 Å². The summed E-state index contributed by atoms with van der Waals surface area (Å²) in [5.74, 6) is 0.260. The van der Waals surface area contributed by atoms with Crippen molar-refractivity contribution in [2.75, 3.05) is 26.0 Å². The molecule has 4 rings (SSSR count). The largest absolute Gasteiger partial charge is 0.488 e. The third-order valence-electron chi connectivity index (χ3n) is 6.19. The molecule has 0 aliphatic carbocycles. The number of esters is 1. The standard InChI is InChI=1S/C32H32N4O6/c1-35(21-30(37)40-2)32(39)42-23-36-18-8-9-25(20-36)19-33-31(38)34-27-16-14-24(15-17-27)22-41-29-13-7-6-12-28(29)26-10-4-3-5-11-26/h3-18,20H,19,21-23H2,1-2H3,(H-,33,34,38)/p+1. The van der Waals surface area contributed by atoms with Crippen LogP contribution in [0.5, 0.6) is 5.75 Å². The third-order valence-corrected chi connectivity index (χ3v) is 6.19. The van der Waals surface area contributed by atoms with E-state index in [0.29, 0.717) is 12.3 Å². The summed E-state index contributed by atoms with van der Waals surface area (Å²) in [5.41, 5.74) is 4.53. The molecule has 2 N–H and O–H groups in total. The molecule has 0 spiro atoms. The van der Waals surface area contributed by atoms with Gasteiger partial charge in [-0.2, -0.15) is 4.57 Å². The van der Waals surface area contributed by atoms with E-state index in [2.05, 4.69) is 27.5 Å². The van der Waals surface area contributed by atoms with Gasteiger partial charge in [-0.3, -0.25) is 4.79 Å². The van der Waals surface area contributed by atoms with Gasteiger partial charge in [0.05, 0.1) is 13.7 Å². The van der Waals surface area contributed by atoms with Gasteiger partial charge in [0.15, 0.2) is 12.4 Å². The lowest BCUT2D eigenvalue weighted by atomic mass is 10.0. The van der Waals surface area contributed by atoms with E-state index in [1.807, 2.05) is 72.8 Å². The summed E-state index contributed by atoms with van der Waals surface area (Å²) in [7, 11) is 2.69. The molecule has 0 aliphatic heterocycles. The Balaban J connectivity index is 1.23. The van der Waals surface area contributed by atoms with Gasteiger partial charge in [-0.25, -0.2) is 9.59 Å². The number of carbonyl (C=O) groups excluding carboxylic acids is 3. The number of nitrogens with zero attached hydrogens (tertiary/aromatic N) is 2. The van der Waals surface area contributed by atoms with Crippen molar-refractivity contribution in [2.24, 2.45) is 0 Å². The molecule has 0 atom stereocenters. The number of likely N-dealkylation sites (N-methyl/N-ethyl adjacent to an activating group) is 1. The fraction of sp³-hybridized carbons (Fsp3) is 0.188. The number of para-hydroxylation sites is 1. The second kappa shape index (κ2) is 14.8. The molecule has 0 bridgehead atoms. The number of nitrogens with one attached hydrogen (secondary N) is 2. The maximum absolute atomic E-state index is 12.5. The van der Waals surface area contributed by atoms with Crippen LogP contribution in [0.15, 0.2) is 103 Å². The Labute approximate surface area is 244 Å². The Hall–Kier alpha value is -5.38. The van der Waals surface area contributed by atoms with Crippen molar-refractivity contribution in [3.05, 3.63) is 115 Å². The zero-order chi connectivity index (χ0) is 29.7. The second-order valence-corrected chi connectivity index (χ2v) is 9.35. The summed E-state index contributed by atoms with van der Waals surface area (Å²) in [5, 5.41) is 5.63. The van der Waals surface area contributed by atoms with E-state index in [-0.39, 0.29) is 25.9 Å². The van der Waals surface area contributed by atoms with Gasteiger partial charge in [0.25, 0.3) is 6.73 Å². The molecule has 0 saturated carbocycles. The van der Waals surface area contributed by atoms with E-state index in [0.717, 1.165) is 32.9 Å². The van der Waals surface area contributed by atoms with Crippen LogP contribution in [0.25, 0.3) is 11.1 Å². The van der Waals surface area contributed by atoms with Crippen LogP contribution in [0.2, 0.25) is 0 Å². The number of pyridine rings is 1. The third kappa shape index (κ3) is 8.82. The van der Waals surface area contributed by atoms with Gasteiger partial charge in [-0.15, -0.1) is 0 Å². The van der Waals surface area contributed by atoms with Crippen LogP contribution in [0.3, 0.4) is 0 Å². The lowest BCUT2D eigenvalue weighted by molar-refractivity contribution is -0.727. The van der Waals surface area contributed by atoms with E-state index >= 15 is 0 Å². The first kappa shape index (κ1) is 29.6. The van der Waals surface area contributed by atoms with Crippen LogP contribution >= 0.6 is 0 Å². The van der Waals surface area contributed by atoms with E-state index in [9.17, 15) is 14.4 Å². The van der Waals surface area contributed by atoms with Crippen LogP contribution in [0.1, 0.15) is 11.1 Å². The van der Waals surface area contributed by atoms with Crippen molar-refractivity contribution in [1.29, 1.82) is 0 Å². The summed E-state index contributed by atoms with van der Waals surface area (Å²) in [6.45, 7) is 0.383. The number of aromatic nitrogens is 1. The van der Waals surface area contributed by atoms with Crippen LogP contribution < -0.4 is 19.9 Å². The number of hydrogen-bond acceptors (Lipinski definition) is 6. The molecule has 10 heteroatoms. The van der Waals surface area contributed by atoms with E-state index in [4.69, 9.17) is 9.47 Å². The minimum absolute atomic E-state index is 0.0573. The fourth-order valence-corrected chi connectivity index (χ4v) is 3.98. The van der Waals surface area contributed by atoms with E-state index < -0.39 is 12.1 Å². The average molecular weight is 570 g/mol. The first-order valence-electron chi connectivity index (χ1n) is 13.2. The first-order valence-corrected chi connectivity index (χ1v) is 13.2. The quantitative estimate of drug-likeness (QED) is 0.200. The molecule has 216 valence electrons. The van der Waals surface area contributed by atoms with Crippen molar-refractivity contribution in [3.63, 3.8) is 0 Å². The maximum Gasteiger partial charge on any atom is 0.414 e. The second-order valence-electron chi connectivity index (χ2n) is 9.35. The highest BCUT2D eigenvalue weighted by Crippen LogP contribution is 2.30. The van der Waals surface area contributed by atoms with Crippen molar-refractivity contribution < 1.29 is 33.2 Å². The fourth-order valence-electron chi connectivity index (χ4n) is 3.98. The SMILES string of the molecule is COC(=O)CN(C)C(=O)OC[n+]1cccc(CNC(=O)Nc2ccc(COc3ccccc3-c3ccccc3)cc2)c1. The predicted molar refractivity (Wildman–Crippen MR) is 156 cm³/mol. The minimum Gasteiger partial charge on any atom is -0.488 e. The number of methoxy groups -OCH3 is 1. The summed E-state index contributed by atoms with van der Waals surface area (Å²) < 4.78 is 17.5. The Bertz CT molecular complexity index is 1490. The predicted octanol–water partition coefficient (Wildman–Crippen LogP) is 4.74. The molecule has 42 heavy (non-hydrogen) atoms. The van der Waals surface area contributed by atoms with Crippen molar-refractivity contribution in [2.45, 2.75) is 19.9 Å². The normalized spacial score (nSPS) is 10.3. The highest BCUT2D eigenvalue weighted by molar-refractivity contribution is 5.89. The number of benzene rings is 3. The topological polar surface area (TPSA) is 110 Å². The molecule has 1 aromatic heterocycles. The average Bonchev–Trinajstić information content (AvgIpc) is 3.03. The van der Waals surface area contributed by atoms with Crippen molar-refractivity contribution in [1.82, 2.24) is 10.2 Å². The van der Waals surface area contributed by atoms with Gasteiger partial charge in [0.2, 0.25) is 0 Å². The molecule has 10 nitrogen and oxygen atoms in total. The number of rotatable bonds is 11. The van der Waals surface area contributed by atoms with Crippen LogP contribution in [-0.4, -0.2) is 43.7 Å². The Kier molecular flexibility index (Phi) is 10.5. The van der Waals surface area contributed by atoms with Crippen molar-refractivity contribution in [3.8, 4) is 16.9 Å². The molecule has 1 heterocycles. The summed E-state index contributed by atoms with van der Waals surface area (Å²) in [6, 6.07) is 28.7. The molecule has 0 saturated heterocycles.